The van der Waals surface area contributed by atoms with Crippen LogP contribution in [0.1, 0.15) is 69.7 Å². The maximum atomic E-state index is 10.1. The van der Waals surface area contributed by atoms with Crippen LogP contribution in [-0.4, -0.2) is 45.1 Å². The summed E-state index contributed by atoms with van der Waals surface area (Å²) < 4.78 is 2.30. The molecule has 29 heavy (non-hydrogen) atoms. The number of hydrogen-bond acceptors (Lipinski definition) is 4. The number of para-hydroxylation sites is 1. The molecule has 0 spiro atoms. The molecule has 1 saturated carbocycles. The topological polar surface area (TPSA) is 61.0 Å². The average Bonchev–Trinajstić information content (AvgIpc) is 3.08. The third-order valence-corrected chi connectivity index (χ3v) is 7.46. The smallest absolute Gasteiger partial charge is 0.0840 e. The second-order valence-electron chi connectivity index (χ2n) is 9.23. The summed E-state index contributed by atoms with van der Waals surface area (Å²) in [6.45, 7) is 6.94. The van der Waals surface area contributed by atoms with Crippen molar-refractivity contribution in [3.8, 4) is 0 Å². The van der Waals surface area contributed by atoms with Crippen molar-refractivity contribution in [3.63, 3.8) is 0 Å². The van der Waals surface area contributed by atoms with Crippen molar-refractivity contribution in [1.29, 1.82) is 0 Å². The number of likely N-dealkylation sites (tertiary alicyclic amines) is 1. The molecule has 2 fully saturated rings. The van der Waals surface area contributed by atoms with Gasteiger partial charge in [0.05, 0.1) is 18.5 Å². The van der Waals surface area contributed by atoms with Crippen LogP contribution in [0.15, 0.2) is 29.4 Å². The van der Waals surface area contributed by atoms with E-state index in [0.717, 1.165) is 66.0 Å². The maximum absolute atomic E-state index is 10.1. The van der Waals surface area contributed by atoms with Gasteiger partial charge in [0.2, 0.25) is 0 Å². The summed E-state index contributed by atoms with van der Waals surface area (Å²) in [6.07, 6.45) is 9.12. The van der Waals surface area contributed by atoms with Crippen LogP contribution in [0.4, 0.5) is 0 Å². The lowest BCUT2D eigenvalue weighted by Crippen LogP contribution is -2.44. The van der Waals surface area contributed by atoms with Gasteiger partial charge in [0, 0.05) is 41.6 Å². The highest BCUT2D eigenvalue weighted by molar-refractivity contribution is 6.01. The van der Waals surface area contributed by atoms with E-state index in [2.05, 4.69) is 34.5 Å². The number of aromatic nitrogens is 1. The van der Waals surface area contributed by atoms with Crippen LogP contribution in [0.2, 0.25) is 0 Å². The molecule has 2 aliphatic rings. The Hall–Kier alpha value is -1.85. The largest absolute Gasteiger partial charge is 0.411 e. The molecule has 0 radical (unpaired) electrons. The fourth-order valence-electron chi connectivity index (χ4n) is 5.76. The van der Waals surface area contributed by atoms with Crippen LogP contribution in [0.3, 0.4) is 0 Å². The summed E-state index contributed by atoms with van der Waals surface area (Å²) in [4.78, 5) is 2.72. The van der Waals surface area contributed by atoms with Gasteiger partial charge in [-0.2, -0.15) is 0 Å². The summed E-state index contributed by atoms with van der Waals surface area (Å²) in [5.74, 6) is 1.73. The quantitative estimate of drug-likeness (QED) is 0.433. The van der Waals surface area contributed by atoms with E-state index in [1.54, 1.807) is 0 Å². The molecule has 1 saturated heterocycles. The zero-order chi connectivity index (χ0) is 20.4. The first-order chi connectivity index (χ1) is 14.1. The predicted molar refractivity (Wildman–Crippen MR) is 118 cm³/mol. The maximum Gasteiger partial charge on any atom is 0.0840 e. The number of benzene rings is 1. The van der Waals surface area contributed by atoms with Gasteiger partial charge in [0.25, 0.3) is 0 Å². The minimum atomic E-state index is -0.0462. The highest BCUT2D eigenvalue weighted by Crippen LogP contribution is 2.37. The van der Waals surface area contributed by atoms with Gasteiger partial charge in [-0.05, 0) is 56.4 Å². The minimum absolute atomic E-state index is 0.0462. The Kier molecular flexibility index (Phi) is 6.26. The minimum Gasteiger partial charge on any atom is -0.411 e. The number of hydrogen-bond donors (Lipinski definition) is 2. The van der Waals surface area contributed by atoms with E-state index in [1.165, 1.54) is 31.9 Å². The first kappa shape index (κ1) is 20.4. The van der Waals surface area contributed by atoms with Gasteiger partial charge in [0.1, 0.15) is 0 Å². The Bertz CT molecular complexity index is 841. The molecule has 0 bridgehead atoms. The van der Waals surface area contributed by atoms with Gasteiger partial charge in [-0.3, -0.25) is 0 Å². The van der Waals surface area contributed by atoms with Crippen molar-refractivity contribution in [1.82, 2.24) is 9.47 Å². The lowest BCUT2D eigenvalue weighted by atomic mass is 9.79. The van der Waals surface area contributed by atoms with Gasteiger partial charge in [-0.15, -0.1) is 0 Å². The Morgan fingerprint density at radius 2 is 1.72 bits per heavy atom. The molecule has 1 aliphatic heterocycles. The molecule has 0 atom stereocenters. The van der Waals surface area contributed by atoms with E-state index in [-0.39, 0.29) is 6.61 Å². The molecule has 2 heterocycles. The molecule has 4 rings (SSSR count). The molecule has 1 aromatic heterocycles. The second-order valence-corrected chi connectivity index (χ2v) is 9.23. The Labute approximate surface area is 174 Å². The van der Waals surface area contributed by atoms with Gasteiger partial charge >= 0.3 is 0 Å². The standard InChI is InChI=1S/C24H35N3O2/c1-17(2)18-7-9-19(10-8-18)26-13-11-20(12-14-26)27-23-6-4-3-5-21(23)22(15-25-29)24(27)16-28/h3-6,15,17-20,28-29H,7-14,16H2,1-2H3/b25-15-. The van der Waals surface area contributed by atoms with E-state index in [0.29, 0.717) is 6.04 Å². The van der Waals surface area contributed by atoms with Crippen LogP contribution in [0.25, 0.3) is 10.9 Å². The third-order valence-electron chi connectivity index (χ3n) is 7.46. The van der Waals surface area contributed by atoms with Crippen molar-refractivity contribution in [2.45, 2.75) is 71.1 Å². The number of aliphatic hydroxyl groups is 1. The van der Waals surface area contributed by atoms with E-state index in [4.69, 9.17) is 5.21 Å². The lowest BCUT2D eigenvalue weighted by Gasteiger charge is -2.42. The summed E-state index contributed by atoms with van der Waals surface area (Å²) in [5.41, 5.74) is 2.82. The van der Waals surface area contributed by atoms with Crippen LogP contribution in [0, 0.1) is 11.8 Å². The van der Waals surface area contributed by atoms with Crippen molar-refractivity contribution >= 4 is 17.1 Å². The van der Waals surface area contributed by atoms with Crippen molar-refractivity contribution in [2.24, 2.45) is 17.0 Å². The summed E-state index contributed by atoms with van der Waals surface area (Å²) in [6, 6.07) is 9.33. The first-order valence-electron chi connectivity index (χ1n) is 11.3. The van der Waals surface area contributed by atoms with Crippen molar-refractivity contribution in [3.05, 3.63) is 35.5 Å². The van der Waals surface area contributed by atoms with E-state index in [1.807, 2.05) is 18.2 Å². The number of oxime groups is 1. The predicted octanol–water partition coefficient (Wildman–Crippen LogP) is 4.79. The molecular weight excluding hydrogens is 362 g/mol. The molecule has 0 unspecified atom stereocenters. The SMILES string of the molecule is CC(C)C1CCC(N2CCC(n3c(CO)c(/C=N\O)c4ccccc43)CC2)CC1. The number of nitrogens with zero attached hydrogens (tertiary/aromatic N) is 3. The van der Waals surface area contributed by atoms with Crippen LogP contribution >= 0.6 is 0 Å². The summed E-state index contributed by atoms with van der Waals surface area (Å²) in [5, 5.41) is 23.5. The number of rotatable bonds is 5. The molecule has 5 heteroatoms. The normalized spacial score (nSPS) is 24.8. The summed E-state index contributed by atoms with van der Waals surface area (Å²) in [7, 11) is 0. The van der Waals surface area contributed by atoms with Crippen LogP contribution < -0.4 is 0 Å². The van der Waals surface area contributed by atoms with E-state index in [9.17, 15) is 5.11 Å². The first-order valence-corrected chi connectivity index (χ1v) is 11.3. The second kappa shape index (κ2) is 8.88. The fraction of sp³-hybridized carbons (Fsp3) is 0.625. The van der Waals surface area contributed by atoms with E-state index >= 15 is 0 Å². The van der Waals surface area contributed by atoms with Crippen molar-refractivity contribution in [2.75, 3.05) is 13.1 Å². The molecular formula is C24H35N3O2. The Balaban J connectivity index is 1.50. The monoisotopic (exact) mass is 397 g/mol. The average molecular weight is 398 g/mol. The van der Waals surface area contributed by atoms with Gasteiger partial charge in [-0.1, -0.05) is 37.2 Å². The molecule has 5 nitrogen and oxygen atoms in total. The number of aliphatic hydroxyl groups excluding tert-OH is 1. The van der Waals surface area contributed by atoms with Crippen molar-refractivity contribution < 1.29 is 10.3 Å². The zero-order valence-electron chi connectivity index (χ0n) is 17.8. The lowest BCUT2D eigenvalue weighted by molar-refractivity contribution is 0.0882. The molecule has 0 amide bonds. The van der Waals surface area contributed by atoms with Gasteiger partial charge in [0.15, 0.2) is 0 Å². The zero-order valence-corrected chi connectivity index (χ0v) is 17.8. The molecule has 1 aliphatic carbocycles. The molecule has 2 aromatic rings. The number of fused-ring (bicyclic) bond motifs is 1. The van der Waals surface area contributed by atoms with Gasteiger partial charge in [-0.25, -0.2) is 0 Å². The summed E-state index contributed by atoms with van der Waals surface area (Å²) >= 11 is 0. The molecule has 2 N–H and O–H groups in total. The molecule has 1 aromatic carbocycles. The Morgan fingerprint density at radius 3 is 2.34 bits per heavy atom. The highest BCUT2D eigenvalue weighted by atomic mass is 16.4. The fourth-order valence-corrected chi connectivity index (χ4v) is 5.76. The van der Waals surface area contributed by atoms with Crippen LogP contribution in [-0.2, 0) is 6.61 Å². The highest BCUT2D eigenvalue weighted by Gasteiger charge is 2.31. The third kappa shape index (κ3) is 3.95. The van der Waals surface area contributed by atoms with E-state index < -0.39 is 0 Å². The Morgan fingerprint density at radius 1 is 1.03 bits per heavy atom. The van der Waals surface area contributed by atoms with Crippen LogP contribution in [0.5, 0.6) is 0 Å². The number of piperidine rings is 1. The van der Waals surface area contributed by atoms with Gasteiger partial charge < -0.3 is 19.8 Å². The molecule has 158 valence electrons.